The van der Waals surface area contributed by atoms with Crippen molar-refractivity contribution in [2.75, 3.05) is 6.54 Å². The fourth-order valence-corrected chi connectivity index (χ4v) is 2.98. The van der Waals surface area contributed by atoms with E-state index in [-0.39, 0.29) is 0 Å². The molecule has 0 saturated carbocycles. The van der Waals surface area contributed by atoms with E-state index < -0.39 is 0 Å². The molecule has 0 aliphatic heterocycles. The van der Waals surface area contributed by atoms with Crippen molar-refractivity contribution in [2.45, 2.75) is 39.7 Å². The first-order chi connectivity index (χ1) is 6.56. The maximum Gasteiger partial charge on any atom is 0.0420 e. The van der Waals surface area contributed by atoms with Gasteiger partial charge in [-0.1, -0.05) is 20.8 Å². The Labute approximate surface area is 90.5 Å². The maximum absolute atomic E-state index is 3.67. The zero-order valence-corrected chi connectivity index (χ0v) is 10.1. The van der Waals surface area contributed by atoms with Crippen molar-refractivity contribution in [1.82, 2.24) is 5.32 Å². The van der Waals surface area contributed by atoms with Crippen LogP contribution in [0.1, 0.15) is 43.7 Å². The summed E-state index contributed by atoms with van der Waals surface area (Å²) in [4.78, 5) is 1.58. The van der Waals surface area contributed by atoms with Crippen LogP contribution in [0.4, 0.5) is 0 Å². The molecule has 14 heavy (non-hydrogen) atoms. The molecule has 1 aromatic rings. The summed E-state index contributed by atoms with van der Waals surface area (Å²) in [6, 6.07) is 2.91. The van der Waals surface area contributed by atoms with E-state index in [2.05, 4.69) is 37.5 Å². The minimum Gasteiger partial charge on any atom is -0.309 e. The molecule has 0 fully saturated rings. The van der Waals surface area contributed by atoms with Crippen LogP contribution in [0.3, 0.4) is 0 Å². The van der Waals surface area contributed by atoms with Crippen LogP contribution >= 0.6 is 11.3 Å². The number of hydrogen-bond donors (Lipinski definition) is 1. The number of aryl methyl sites for hydroxylation is 1. The minimum atomic E-state index is 0.389. The Morgan fingerprint density at radius 1 is 1.50 bits per heavy atom. The van der Waals surface area contributed by atoms with Gasteiger partial charge >= 0.3 is 0 Å². The number of thiophene rings is 1. The third-order valence-corrected chi connectivity index (χ3v) is 3.75. The van der Waals surface area contributed by atoms with Crippen LogP contribution in [-0.2, 0) is 6.42 Å². The van der Waals surface area contributed by atoms with Crippen molar-refractivity contribution in [3.63, 3.8) is 0 Å². The molecule has 0 bridgehead atoms. The number of rotatable bonds is 2. The summed E-state index contributed by atoms with van der Waals surface area (Å²) in [5.74, 6) is 0. The third-order valence-electron chi connectivity index (χ3n) is 2.68. The van der Waals surface area contributed by atoms with Crippen LogP contribution < -0.4 is 5.32 Å². The van der Waals surface area contributed by atoms with Crippen molar-refractivity contribution >= 4 is 11.3 Å². The Morgan fingerprint density at radius 3 is 3.00 bits per heavy atom. The normalized spacial score (nSPS) is 21.2. The van der Waals surface area contributed by atoms with Crippen molar-refractivity contribution in [3.05, 3.63) is 21.9 Å². The number of nitrogens with one attached hydrogen (secondary N) is 1. The highest BCUT2D eigenvalue weighted by Gasteiger charge is 2.24. The zero-order valence-electron chi connectivity index (χ0n) is 9.26. The molecule has 1 aliphatic carbocycles. The van der Waals surface area contributed by atoms with Crippen molar-refractivity contribution in [1.29, 1.82) is 0 Å². The lowest BCUT2D eigenvalue weighted by atomic mass is 9.96. The first-order valence-electron chi connectivity index (χ1n) is 5.36. The first kappa shape index (κ1) is 10.2. The van der Waals surface area contributed by atoms with E-state index in [1.54, 1.807) is 10.4 Å². The van der Waals surface area contributed by atoms with Gasteiger partial charge in [0.25, 0.3) is 0 Å². The van der Waals surface area contributed by atoms with Gasteiger partial charge < -0.3 is 5.32 Å². The molecule has 0 aromatic carbocycles. The lowest BCUT2D eigenvalue weighted by molar-refractivity contribution is 0.353. The van der Waals surface area contributed by atoms with Crippen molar-refractivity contribution in [2.24, 2.45) is 5.41 Å². The zero-order chi connectivity index (χ0) is 10.2. The Morgan fingerprint density at radius 2 is 2.29 bits per heavy atom. The summed E-state index contributed by atoms with van der Waals surface area (Å²) >= 11 is 1.91. The van der Waals surface area contributed by atoms with Crippen LogP contribution in [0.5, 0.6) is 0 Å². The van der Waals surface area contributed by atoms with E-state index in [0.29, 0.717) is 11.5 Å². The molecular weight excluding hydrogens is 190 g/mol. The van der Waals surface area contributed by atoms with Gasteiger partial charge in [-0.3, -0.25) is 0 Å². The van der Waals surface area contributed by atoms with E-state index in [0.717, 1.165) is 6.54 Å². The average Bonchev–Trinajstić information content (AvgIpc) is 2.59. The molecule has 0 amide bonds. The number of fused-ring (bicyclic) bond motifs is 1. The minimum absolute atomic E-state index is 0.389. The Balaban J connectivity index is 1.96. The molecule has 1 heterocycles. The van der Waals surface area contributed by atoms with E-state index in [4.69, 9.17) is 0 Å². The molecule has 1 unspecified atom stereocenters. The summed E-state index contributed by atoms with van der Waals surface area (Å²) in [7, 11) is 0. The van der Waals surface area contributed by atoms with Crippen LogP contribution in [0, 0.1) is 5.41 Å². The summed E-state index contributed by atoms with van der Waals surface area (Å²) in [6.45, 7) is 7.95. The highest BCUT2D eigenvalue weighted by atomic mass is 32.1. The van der Waals surface area contributed by atoms with Crippen LogP contribution in [0.15, 0.2) is 11.4 Å². The predicted octanol–water partition coefficient (Wildman–Crippen LogP) is 3.37. The molecule has 1 N–H and O–H groups in total. The Kier molecular flexibility index (Phi) is 2.67. The summed E-state index contributed by atoms with van der Waals surface area (Å²) < 4.78 is 0. The van der Waals surface area contributed by atoms with Gasteiger partial charge in [-0.05, 0) is 35.3 Å². The monoisotopic (exact) mass is 209 g/mol. The molecule has 1 aromatic heterocycles. The summed E-state index contributed by atoms with van der Waals surface area (Å²) in [5.41, 5.74) is 1.96. The summed E-state index contributed by atoms with van der Waals surface area (Å²) in [5, 5.41) is 5.89. The lowest BCUT2D eigenvalue weighted by Gasteiger charge is -2.22. The number of hydrogen-bond acceptors (Lipinski definition) is 2. The van der Waals surface area contributed by atoms with Crippen LogP contribution in [0.2, 0.25) is 0 Å². The second-order valence-corrected chi connectivity index (χ2v) is 6.29. The van der Waals surface area contributed by atoms with E-state index in [9.17, 15) is 0 Å². The predicted molar refractivity (Wildman–Crippen MR) is 62.8 cm³/mol. The van der Waals surface area contributed by atoms with E-state index in [1.807, 2.05) is 11.3 Å². The second-order valence-electron chi connectivity index (χ2n) is 5.34. The van der Waals surface area contributed by atoms with Gasteiger partial charge in [-0.2, -0.15) is 0 Å². The summed E-state index contributed by atoms with van der Waals surface area (Å²) in [6.07, 6.45) is 2.55. The van der Waals surface area contributed by atoms with E-state index in [1.165, 1.54) is 12.8 Å². The average molecular weight is 209 g/mol. The van der Waals surface area contributed by atoms with Gasteiger partial charge in [0.05, 0.1) is 0 Å². The van der Waals surface area contributed by atoms with Crippen molar-refractivity contribution < 1.29 is 0 Å². The Hall–Kier alpha value is -0.340. The molecule has 2 rings (SSSR count). The molecule has 2 heteroatoms. The van der Waals surface area contributed by atoms with Gasteiger partial charge in [0.15, 0.2) is 0 Å². The standard InChI is InChI=1S/C12H19NS/c1-12(2,3)8-13-10-5-4-9-6-7-14-11(9)10/h6-7,10,13H,4-5,8H2,1-3H3. The molecule has 0 spiro atoms. The second kappa shape index (κ2) is 3.67. The molecular formula is C12H19NS. The van der Waals surface area contributed by atoms with Crippen molar-refractivity contribution in [3.8, 4) is 0 Å². The molecule has 1 atom stereocenters. The molecule has 1 nitrogen and oxygen atoms in total. The van der Waals surface area contributed by atoms with Gasteiger partial charge in [0.1, 0.15) is 0 Å². The smallest absolute Gasteiger partial charge is 0.0420 e. The van der Waals surface area contributed by atoms with E-state index >= 15 is 0 Å². The van der Waals surface area contributed by atoms with Gasteiger partial charge in [-0.15, -0.1) is 11.3 Å². The van der Waals surface area contributed by atoms with Gasteiger partial charge in [-0.25, -0.2) is 0 Å². The topological polar surface area (TPSA) is 12.0 Å². The fraction of sp³-hybridized carbons (Fsp3) is 0.667. The lowest BCUT2D eigenvalue weighted by Crippen LogP contribution is -2.29. The van der Waals surface area contributed by atoms with Crippen LogP contribution in [-0.4, -0.2) is 6.54 Å². The van der Waals surface area contributed by atoms with Gasteiger partial charge in [0.2, 0.25) is 0 Å². The third kappa shape index (κ3) is 2.18. The molecule has 1 aliphatic rings. The quantitative estimate of drug-likeness (QED) is 0.787. The Bertz CT molecular complexity index is 308. The van der Waals surface area contributed by atoms with Gasteiger partial charge in [0, 0.05) is 17.5 Å². The molecule has 0 saturated heterocycles. The SMILES string of the molecule is CC(C)(C)CNC1CCc2ccsc21. The largest absolute Gasteiger partial charge is 0.309 e. The highest BCUT2D eigenvalue weighted by molar-refractivity contribution is 7.10. The maximum atomic E-state index is 3.67. The van der Waals surface area contributed by atoms with Crippen LogP contribution in [0.25, 0.3) is 0 Å². The first-order valence-corrected chi connectivity index (χ1v) is 6.24. The fourth-order valence-electron chi connectivity index (χ4n) is 1.91. The molecule has 78 valence electrons. The molecule has 0 radical (unpaired) electrons. The highest BCUT2D eigenvalue weighted by Crippen LogP contribution is 2.35.